The van der Waals surface area contributed by atoms with E-state index in [1.807, 2.05) is 0 Å². The number of ether oxygens (including phenoxy) is 1. The van der Waals surface area contributed by atoms with Crippen LogP contribution in [0.5, 0.6) is 0 Å². The van der Waals surface area contributed by atoms with Crippen LogP contribution in [0.1, 0.15) is 26.2 Å². The zero-order chi connectivity index (χ0) is 9.73. The van der Waals surface area contributed by atoms with Crippen LogP contribution in [-0.2, 0) is 4.74 Å². The third-order valence-electron chi connectivity index (χ3n) is 2.74. The Labute approximate surface area is 80.1 Å². The SMILES string of the molecule is COCCNC1(C#N)CCC(C)C1. The summed E-state index contributed by atoms with van der Waals surface area (Å²) in [6.07, 6.45) is 3.12. The van der Waals surface area contributed by atoms with Gasteiger partial charge in [0.1, 0.15) is 5.54 Å². The van der Waals surface area contributed by atoms with Crippen molar-refractivity contribution in [1.29, 1.82) is 5.26 Å². The molecule has 0 spiro atoms. The molecular formula is C10H18N2O. The van der Waals surface area contributed by atoms with E-state index in [0.717, 1.165) is 25.8 Å². The first kappa shape index (κ1) is 10.5. The lowest BCUT2D eigenvalue weighted by Gasteiger charge is -2.22. The molecule has 0 aromatic rings. The Morgan fingerprint density at radius 1 is 1.69 bits per heavy atom. The van der Waals surface area contributed by atoms with Gasteiger partial charge in [-0.1, -0.05) is 6.92 Å². The van der Waals surface area contributed by atoms with Crippen LogP contribution in [-0.4, -0.2) is 25.8 Å². The van der Waals surface area contributed by atoms with E-state index in [9.17, 15) is 0 Å². The molecule has 0 aliphatic heterocycles. The molecule has 3 heteroatoms. The van der Waals surface area contributed by atoms with E-state index in [1.54, 1.807) is 7.11 Å². The lowest BCUT2D eigenvalue weighted by molar-refractivity contribution is 0.190. The zero-order valence-corrected chi connectivity index (χ0v) is 8.47. The Morgan fingerprint density at radius 3 is 2.92 bits per heavy atom. The second kappa shape index (κ2) is 4.59. The van der Waals surface area contributed by atoms with E-state index in [-0.39, 0.29) is 5.54 Å². The van der Waals surface area contributed by atoms with Gasteiger partial charge in [-0.3, -0.25) is 5.32 Å². The Kier molecular flexibility index (Phi) is 3.71. The Morgan fingerprint density at radius 2 is 2.46 bits per heavy atom. The number of nitrogens with one attached hydrogen (secondary N) is 1. The summed E-state index contributed by atoms with van der Waals surface area (Å²) in [6, 6.07) is 2.40. The summed E-state index contributed by atoms with van der Waals surface area (Å²) in [4.78, 5) is 0. The smallest absolute Gasteiger partial charge is 0.107 e. The van der Waals surface area contributed by atoms with Gasteiger partial charge in [0.05, 0.1) is 12.7 Å². The second-order valence-corrected chi connectivity index (χ2v) is 3.96. The Balaban J connectivity index is 2.38. The van der Waals surface area contributed by atoms with E-state index in [4.69, 9.17) is 10.00 Å². The van der Waals surface area contributed by atoms with Gasteiger partial charge in [0.2, 0.25) is 0 Å². The fourth-order valence-electron chi connectivity index (χ4n) is 1.99. The molecular weight excluding hydrogens is 164 g/mol. The van der Waals surface area contributed by atoms with Crippen LogP contribution in [0.15, 0.2) is 0 Å². The van der Waals surface area contributed by atoms with Gasteiger partial charge in [0.15, 0.2) is 0 Å². The standard InChI is InChI=1S/C10H18N2O/c1-9-3-4-10(7-9,8-11)12-5-6-13-2/h9,12H,3-7H2,1-2H3. The highest BCUT2D eigenvalue weighted by Crippen LogP contribution is 2.33. The molecule has 1 aliphatic rings. The van der Waals surface area contributed by atoms with Gasteiger partial charge in [0, 0.05) is 13.7 Å². The number of rotatable bonds is 4. The summed E-state index contributed by atoms with van der Waals surface area (Å²) in [5.74, 6) is 0.676. The van der Waals surface area contributed by atoms with Crippen LogP contribution in [0.3, 0.4) is 0 Å². The van der Waals surface area contributed by atoms with Gasteiger partial charge in [-0.05, 0) is 25.2 Å². The molecule has 0 amide bonds. The van der Waals surface area contributed by atoms with Crippen molar-refractivity contribution < 1.29 is 4.74 Å². The quantitative estimate of drug-likeness (QED) is 0.667. The lowest BCUT2D eigenvalue weighted by atomic mass is 9.98. The molecule has 2 unspecified atom stereocenters. The van der Waals surface area contributed by atoms with E-state index in [1.165, 1.54) is 0 Å². The summed E-state index contributed by atoms with van der Waals surface area (Å²) in [5.41, 5.74) is -0.266. The summed E-state index contributed by atoms with van der Waals surface area (Å²) < 4.78 is 4.95. The minimum Gasteiger partial charge on any atom is -0.383 e. The first-order valence-corrected chi connectivity index (χ1v) is 4.88. The van der Waals surface area contributed by atoms with Gasteiger partial charge in [0.25, 0.3) is 0 Å². The van der Waals surface area contributed by atoms with Crippen molar-refractivity contribution >= 4 is 0 Å². The molecule has 1 aliphatic carbocycles. The maximum absolute atomic E-state index is 9.08. The van der Waals surface area contributed by atoms with Crippen molar-refractivity contribution in [3.63, 3.8) is 0 Å². The molecule has 13 heavy (non-hydrogen) atoms. The molecule has 0 aromatic carbocycles. The maximum atomic E-state index is 9.08. The topological polar surface area (TPSA) is 45.0 Å². The molecule has 3 nitrogen and oxygen atoms in total. The molecule has 2 atom stereocenters. The first-order chi connectivity index (χ1) is 6.22. The molecule has 1 rings (SSSR count). The number of nitrogens with zero attached hydrogens (tertiary/aromatic N) is 1. The summed E-state index contributed by atoms with van der Waals surface area (Å²) in [7, 11) is 1.68. The summed E-state index contributed by atoms with van der Waals surface area (Å²) in [5, 5.41) is 12.4. The van der Waals surface area contributed by atoms with Gasteiger partial charge in [-0.25, -0.2) is 0 Å². The molecule has 0 radical (unpaired) electrons. The molecule has 0 bridgehead atoms. The molecule has 0 heterocycles. The van der Waals surface area contributed by atoms with E-state index >= 15 is 0 Å². The van der Waals surface area contributed by atoms with Gasteiger partial charge in [-0.2, -0.15) is 5.26 Å². The number of nitriles is 1. The number of hydrogen-bond acceptors (Lipinski definition) is 3. The first-order valence-electron chi connectivity index (χ1n) is 4.88. The van der Waals surface area contributed by atoms with Crippen LogP contribution in [0, 0.1) is 17.2 Å². The van der Waals surface area contributed by atoms with E-state index in [0.29, 0.717) is 12.5 Å². The molecule has 74 valence electrons. The van der Waals surface area contributed by atoms with Crippen molar-refractivity contribution in [2.45, 2.75) is 31.7 Å². The van der Waals surface area contributed by atoms with Crippen LogP contribution in [0.2, 0.25) is 0 Å². The largest absolute Gasteiger partial charge is 0.383 e. The lowest BCUT2D eigenvalue weighted by Crippen LogP contribution is -2.43. The fraction of sp³-hybridized carbons (Fsp3) is 0.900. The minimum absolute atomic E-state index is 0.266. The van der Waals surface area contributed by atoms with Crippen molar-refractivity contribution in [3.8, 4) is 6.07 Å². The molecule has 0 aromatic heterocycles. The van der Waals surface area contributed by atoms with Crippen molar-refractivity contribution in [2.75, 3.05) is 20.3 Å². The highest BCUT2D eigenvalue weighted by molar-refractivity contribution is 5.11. The predicted molar refractivity (Wildman–Crippen MR) is 51.2 cm³/mol. The summed E-state index contributed by atoms with van der Waals surface area (Å²) >= 11 is 0. The van der Waals surface area contributed by atoms with Gasteiger partial charge < -0.3 is 4.74 Å². The van der Waals surface area contributed by atoms with Crippen LogP contribution in [0.25, 0.3) is 0 Å². The van der Waals surface area contributed by atoms with Crippen LogP contribution < -0.4 is 5.32 Å². The zero-order valence-electron chi connectivity index (χ0n) is 8.47. The van der Waals surface area contributed by atoms with Crippen molar-refractivity contribution in [3.05, 3.63) is 0 Å². The van der Waals surface area contributed by atoms with Crippen molar-refractivity contribution in [2.24, 2.45) is 5.92 Å². The fourth-order valence-corrected chi connectivity index (χ4v) is 1.99. The molecule has 1 fully saturated rings. The second-order valence-electron chi connectivity index (χ2n) is 3.96. The summed E-state index contributed by atoms with van der Waals surface area (Å²) in [6.45, 7) is 3.66. The van der Waals surface area contributed by atoms with E-state index < -0.39 is 0 Å². The normalized spacial score (nSPS) is 33.2. The third-order valence-corrected chi connectivity index (χ3v) is 2.74. The molecule has 1 N–H and O–H groups in total. The predicted octanol–water partition coefficient (Wildman–Crippen LogP) is 1.30. The Hall–Kier alpha value is -0.590. The number of methoxy groups -OCH3 is 1. The Bertz CT molecular complexity index is 200. The third kappa shape index (κ3) is 2.68. The molecule has 0 saturated heterocycles. The maximum Gasteiger partial charge on any atom is 0.107 e. The highest BCUT2D eigenvalue weighted by Gasteiger charge is 2.36. The minimum atomic E-state index is -0.266. The average Bonchev–Trinajstić information content (AvgIpc) is 2.49. The van der Waals surface area contributed by atoms with Gasteiger partial charge in [-0.15, -0.1) is 0 Å². The van der Waals surface area contributed by atoms with Crippen molar-refractivity contribution in [1.82, 2.24) is 5.32 Å². The van der Waals surface area contributed by atoms with Gasteiger partial charge >= 0.3 is 0 Å². The van der Waals surface area contributed by atoms with Crippen LogP contribution >= 0.6 is 0 Å². The van der Waals surface area contributed by atoms with E-state index in [2.05, 4.69) is 18.3 Å². The van der Waals surface area contributed by atoms with Crippen LogP contribution in [0.4, 0.5) is 0 Å². The average molecular weight is 182 g/mol. The highest BCUT2D eigenvalue weighted by atomic mass is 16.5. The molecule has 1 saturated carbocycles. The number of hydrogen-bond donors (Lipinski definition) is 1. The monoisotopic (exact) mass is 182 g/mol.